The van der Waals surface area contributed by atoms with Crippen LogP contribution in [-0.4, -0.2) is 17.3 Å². The summed E-state index contributed by atoms with van der Waals surface area (Å²) < 4.78 is 55.0. The number of aryl methyl sites for hydroxylation is 1. The molecule has 0 fully saturated rings. The predicted molar refractivity (Wildman–Crippen MR) is 108 cm³/mol. The van der Waals surface area contributed by atoms with Gasteiger partial charge >= 0.3 is 6.18 Å². The number of rotatable bonds is 7. The van der Waals surface area contributed by atoms with Gasteiger partial charge in [-0.2, -0.15) is 13.2 Å². The highest BCUT2D eigenvalue weighted by atomic mass is 19.4. The summed E-state index contributed by atoms with van der Waals surface area (Å²) in [5, 5.41) is 8.86. The number of benzene rings is 2. The summed E-state index contributed by atoms with van der Waals surface area (Å²) in [5.41, 5.74) is 3.74. The fourth-order valence-electron chi connectivity index (χ4n) is 2.82. The maximum absolute atomic E-state index is 12.7. The van der Waals surface area contributed by atoms with Crippen molar-refractivity contribution in [1.29, 1.82) is 0 Å². The second kappa shape index (κ2) is 9.13. The number of allylic oxidation sites excluding steroid dienone is 1. The molecule has 0 amide bonds. The van der Waals surface area contributed by atoms with Crippen molar-refractivity contribution in [3.8, 4) is 23.0 Å². The van der Waals surface area contributed by atoms with E-state index in [0.29, 0.717) is 28.5 Å². The van der Waals surface area contributed by atoms with Crippen LogP contribution in [0.25, 0.3) is 17.0 Å². The van der Waals surface area contributed by atoms with Gasteiger partial charge in [0, 0.05) is 17.8 Å². The minimum absolute atomic E-state index is 0.0869. The van der Waals surface area contributed by atoms with Crippen molar-refractivity contribution in [2.24, 2.45) is 0 Å². The van der Waals surface area contributed by atoms with Crippen molar-refractivity contribution in [2.75, 3.05) is 7.11 Å². The SMILES string of the molecule is COc1cc(OCc2nc(-c3ccc(C(F)(F)F)cc3)oc2C)cc(/C(C)=C/NO)c1. The Morgan fingerprint density at radius 1 is 1.16 bits per heavy atom. The van der Waals surface area contributed by atoms with Crippen LogP contribution in [0.2, 0.25) is 0 Å². The number of nitrogens with zero attached hydrogens (tertiary/aromatic N) is 1. The number of halogens is 3. The van der Waals surface area contributed by atoms with Gasteiger partial charge in [-0.3, -0.25) is 10.7 Å². The largest absolute Gasteiger partial charge is 0.497 e. The molecule has 9 heteroatoms. The first-order valence-electron chi connectivity index (χ1n) is 9.24. The van der Waals surface area contributed by atoms with Crippen molar-refractivity contribution in [3.05, 3.63) is 71.2 Å². The minimum Gasteiger partial charge on any atom is -0.497 e. The number of ether oxygens (including phenoxy) is 2. The lowest BCUT2D eigenvalue weighted by molar-refractivity contribution is -0.137. The molecule has 3 aromatic rings. The minimum atomic E-state index is -4.40. The lowest BCUT2D eigenvalue weighted by atomic mass is 10.1. The smallest absolute Gasteiger partial charge is 0.416 e. The standard InChI is InChI=1S/C22H21F3N2O4/c1-13(11-26-28)16-8-18(29-3)10-19(9-16)30-12-20-14(2)31-21(27-20)15-4-6-17(7-5-15)22(23,24)25/h4-11,26,28H,12H2,1-3H3/b13-11+. The van der Waals surface area contributed by atoms with Gasteiger partial charge in [0.15, 0.2) is 0 Å². The molecule has 0 aliphatic heterocycles. The summed E-state index contributed by atoms with van der Waals surface area (Å²) in [6.45, 7) is 3.60. The molecule has 1 heterocycles. The van der Waals surface area contributed by atoms with E-state index < -0.39 is 11.7 Å². The Labute approximate surface area is 176 Å². The zero-order valence-corrected chi connectivity index (χ0v) is 17.1. The fraction of sp³-hybridized carbons (Fsp3) is 0.227. The number of nitrogens with one attached hydrogen (secondary N) is 1. The molecule has 0 saturated carbocycles. The Morgan fingerprint density at radius 3 is 2.45 bits per heavy atom. The number of aromatic nitrogens is 1. The van der Waals surface area contributed by atoms with E-state index in [1.165, 1.54) is 25.4 Å². The molecule has 6 nitrogen and oxygen atoms in total. The van der Waals surface area contributed by atoms with E-state index in [0.717, 1.165) is 23.3 Å². The Morgan fingerprint density at radius 2 is 1.84 bits per heavy atom. The van der Waals surface area contributed by atoms with E-state index in [9.17, 15) is 13.2 Å². The van der Waals surface area contributed by atoms with Gasteiger partial charge in [-0.1, -0.05) is 0 Å². The zero-order valence-electron chi connectivity index (χ0n) is 17.1. The lowest BCUT2D eigenvalue weighted by Crippen LogP contribution is -2.04. The first-order valence-corrected chi connectivity index (χ1v) is 9.24. The monoisotopic (exact) mass is 434 g/mol. The van der Waals surface area contributed by atoms with Gasteiger partial charge in [0.05, 0.1) is 12.7 Å². The number of hydroxylamine groups is 1. The lowest BCUT2D eigenvalue weighted by Gasteiger charge is -2.10. The average molecular weight is 434 g/mol. The number of oxazole rings is 1. The molecule has 0 unspecified atom stereocenters. The van der Waals surface area contributed by atoms with Crippen molar-refractivity contribution in [1.82, 2.24) is 10.5 Å². The van der Waals surface area contributed by atoms with Gasteiger partial charge in [-0.25, -0.2) is 4.98 Å². The van der Waals surface area contributed by atoms with Crippen molar-refractivity contribution in [2.45, 2.75) is 26.6 Å². The van der Waals surface area contributed by atoms with Gasteiger partial charge in [-0.05, 0) is 61.4 Å². The van der Waals surface area contributed by atoms with Crippen LogP contribution in [0.5, 0.6) is 11.5 Å². The maximum Gasteiger partial charge on any atom is 0.416 e. The quantitative estimate of drug-likeness (QED) is 0.472. The van der Waals surface area contributed by atoms with Gasteiger partial charge in [0.25, 0.3) is 0 Å². The molecule has 1 aromatic heterocycles. The Balaban J connectivity index is 1.78. The fourth-order valence-corrected chi connectivity index (χ4v) is 2.82. The van der Waals surface area contributed by atoms with E-state index in [1.807, 2.05) is 5.48 Å². The Hall–Kier alpha value is -3.46. The second-order valence-corrected chi connectivity index (χ2v) is 6.74. The van der Waals surface area contributed by atoms with Crippen LogP contribution in [0.15, 0.2) is 53.1 Å². The van der Waals surface area contributed by atoms with E-state index in [2.05, 4.69) is 4.98 Å². The van der Waals surface area contributed by atoms with Gasteiger partial charge in [0.1, 0.15) is 29.6 Å². The normalized spacial score (nSPS) is 12.0. The summed E-state index contributed by atoms with van der Waals surface area (Å²) in [6.07, 6.45) is -2.98. The first-order chi connectivity index (χ1) is 14.7. The van der Waals surface area contributed by atoms with Crippen LogP contribution in [0.3, 0.4) is 0 Å². The summed E-state index contributed by atoms with van der Waals surface area (Å²) >= 11 is 0. The summed E-state index contributed by atoms with van der Waals surface area (Å²) in [7, 11) is 1.53. The highest BCUT2D eigenvalue weighted by molar-refractivity contribution is 5.66. The van der Waals surface area contributed by atoms with Crippen LogP contribution in [0.1, 0.15) is 29.5 Å². The van der Waals surface area contributed by atoms with E-state index in [-0.39, 0.29) is 12.5 Å². The van der Waals surface area contributed by atoms with Gasteiger partial charge < -0.3 is 13.9 Å². The predicted octanol–water partition coefficient (Wildman–Crippen LogP) is 5.60. The van der Waals surface area contributed by atoms with Crippen LogP contribution >= 0.6 is 0 Å². The molecule has 2 aromatic carbocycles. The van der Waals surface area contributed by atoms with E-state index in [1.54, 1.807) is 32.0 Å². The molecule has 0 aliphatic carbocycles. The number of alkyl halides is 3. The molecule has 164 valence electrons. The molecule has 0 aliphatic rings. The van der Waals surface area contributed by atoms with Crippen LogP contribution < -0.4 is 15.0 Å². The molecule has 0 saturated heterocycles. The average Bonchev–Trinajstić information content (AvgIpc) is 3.12. The molecule has 0 radical (unpaired) electrons. The Kier molecular flexibility index (Phi) is 6.55. The number of methoxy groups -OCH3 is 1. The van der Waals surface area contributed by atoms with E-state index in [4.69, 9.17) is 19.1 Å². The zero-order chi connectivity index (χ0) is 22.6. The van der Waals surface area contributed by atoms with Crippen molar-refractivity contribution in [3.63, 3.8) is 0 Å². The van der Waals surface area contributed by atoms with Crippen LogP contribution in [-0.2, 0) is 12.8 Å². The van der Waals surface area contributed by atoms with Crippen LogP contribution in [0, 0.1) is 6.92 Å². The topological polar surface area (TPSA) is 76.8 Å². The molecular weight excluding hydrogens is 413 g/mol. The molecule has 3 rings (SSSR count). The molecule has 2 N–H and O–H groups in total. The molecule has 0 atom stereocenters. The Bertz CT molecular complexity index is 1070. The molecule has 0 spiro atoms. The van der Waals surface area contributed by atoms with Crippen molar-refractivity contribution < 1.29 is 32.3 Å². The third-order valence-electron chi connectivity index (χ3n) is 4.58. The van der Waals surface area contributed by atoms with Gasteiger partial charge in [0.2, 0.25) is 5.89 Å². The van der Waals surface area contributed by atoms with Gasteiger partial charge in [-0.15, -0.1) is 0 Å². The second-order valence-electron chi connectivity index (χ2n) is 6.74. The third kappa shape index (κ3) is 5.37. The molecular formula is C22H21F3N2O4. The third-order valence-corrected chi connectivity index (χ3v) is 4.58. The molecule has 0 bridgehead atoms. The first kappa shape index (κ1) is 22.2. The summed E-state index contributed by atoms with van der Waals surface area (Å²) in [4.78, 5) is 4.36. The number of hydrogen-bond donors (Lipinski definition) is 2. The summed E-state index contributed by atoms with van der Waals surface area (Å²) in [6, 6.07) is 9.88. The van der Waals surface area contributed by atoms with Crippen LogP contribution in [0.4, 0.5) is 13.2 Å². The maximum atomic E-state index is 12.7. The van der Waals surface area contributed by atoms with Crippen molar-refractivity contribution >= 4 is 5.57 Å². The highest BCUT2D eigenvalue weighted by Gasteiger charge is 2.30. The summed E-state index contributed by atoms with van der Waals surface area (Å²) in [5.74, 6) is 1.79. The van der Waals surface area contributed by atoms with E-state index >= 15 is 0 Å². The number of hydrogen-bond acceptors (Lipinski definition) is 6. The highest BCUT2D eigenvalue weighted by Crippen LogP contribution is 2.32. The molecule has 31 heavy (non-hydrogen) atoms.